The molecular formula is C11H6F6N4O. The second kappa shape index (κ2) is 4.05. The Morgan fingerprint density at radius 2 is 1.59 bits per heavy atom. The molecule has 0 spiro atoms. The molecule has 3 rings (SSSR count). The minimum atomic E-state index is -5.82. The Balaban J connectivity index is 2.24. The van der Waals surface area contributed by atoms with E-state index in [2.05, 4.69) is 4.98 Å². The third-order valence-corrected chi connectivity index (χ3v) is 3.21. The zero-order valence-corrected chi connectivity index (χ0v) is 10.4. The number of hydrogen-bond donors (Lipinski definition) is 2. The summed E-state index contributed by atoms with van der Waals surface area (Å²) < 4.78 is 78.5. The van der Waals surface area contributed by atoms with Crippen LogP contribution in [-0.2, 0) is 0 Å². The largest absolute Gasteiger partial charge is 0.439 e. The first-order valence-electron chi connectivity index (χ1n) is 5.78. The number of rotatable bonds is 0. The molecule has 0 atom stereocenters. The van der Waals surface area contributed by atoms with Gasteiger partial charge in [0.05, 0.1) is 11.0 Å². The Labute approximate surface area is 117 Å². The molecule has 0 saturated carbocycles. The van der Waals surface area contributed by atoms with E-state index < -0.39 is 30.0 Å². The molecule has 2 heterocycles. The second-order valence-electron chi connectivity index (χ2n) is 4.56. The van der Waals surface area contributed by atoms with Crippen LogP contribution in [0.15, 0.2) is 24.3 Å². The molecule has 22 heavy (non-hydrogen) atoms. The number of benzene rings is 1. The molecule has 5 nitrogen and oxygen atoms in total. The van der Waals surface area contributed by atoms with Gasteiger partial charge in [0, 0.05) is 0 Å². The molecule has 1 amide bonds. The Morgan fingerprint density at radius 3 is 2.18 bits per heavy atom. The van der Waals surface area contributed by atoms with E-state index in [1.165, 1.54) is 29.6 Å². The van der Waals surface area contributed by atoms with Gasteiger partial charge in [-0.15, -0.1) is 0 Å². The fraction of sp³-hybridized carbons (Fsp3) is 0.273. The summed E-state index contributed by atoms with van der Waals surface area (Å²) in [5.41, 5.74) is -4.42. The van der Waals surface area contributed by atoms with Crippen LogP contribution in [0.1, 0.15) is 0 Å². The highest BCUT2D eigenvalue weighted by Crippen LogP contribution is 2.45. The predicted octanol–water partition coefficient (Wildman–Crippen LogP) is 2.84. The molecule has 1 aromatic heterocycles. The summed E-state index contributed by atoms with van der Waals surface area (Å²) >= 11 is 0. The minimum Gasteiger partial charge on any atom is -0.317 e. The van der Waals surface area contributed by atoms with Gasteiger partial charge in [-0.3, -0.25) is 5.32 Å². The number of nitrogens with zero attached hydrogens (tertiary/aromatic N) is 2. The maximum Gasteiger partial charge on any atom is 0.439 e. The fourth-order valence-electron chi connectivity index (χ4n) is 2.17. The van der Waals surface area contributed by atoms with Gasteiger partial charge in [-0.25, -0.2) is 14.3 Å². The first-order chi connectivity index (χ1) is 10.1. The average Bonchev–Trinajstić information content (AvgIpc) is 2.74. The highest BCUT2D eigenvalue weighted by atomic mass is 19.4. The summed E-state index contributed by atoms with van der Waals surface area (Å²) in [6.45, 7) is 0. The van der Waals surface area contributed by atoms with E-state index >= 15 is 0 Å². The first-order valence-corrected chi connectivity index (χ1v) is 5.78. The van der Waals surface area contributed by atoms with Crippen molar-refractivity contribution in [3.63, 3.8) is 0 Å². The van der Waals surface area contributed by atoms with Crippen molar-refractivity contribution in [1.29, 1.82) is 0 Å². The number of nitrogens with one attached hydrogen (secondary N) is 2. The van der Waals surface area contributed by atoms with E-state index in [0.29, 0.717) is 4.57 Å². The maximum absolute atomic E-state index is 13.0. The van der Waals surface area contributed by atoms with Gasteiger partial charge in [0.25, 0.3) is 0 Å². The van der Waals surface area contributed by atoms with Crippen molar-refractivity contribution in [3.05, 3.63) is 24.3 Å². The summed E-state index contributed by atoms with van der Waals surface area (Å²) in [4.78, 5) is 15.5. The van der Waals surface area contributed by atoms with Crippen LogP contribution in [-0.4, -0.2) is 33.6 Å². The molecule has 0 fully saturated rings. The number of anilines is 1. The van der Waals surface area contributed by atoms with Gasteiger partial charge in [0.1, 0.15) is 0 Å². The highest BCUT2D eigenvalue weighted by molar-refractivity contribution is 5.95. The van der Waals surface area contributed by atoms with Gasteiger partial charge in [-0.05, 0) is 12.1 Å². The van der Waals surface area contributed by atoms with E-state index in [1.54, 1.807) is 0 Å². The van der Waals surface area contributed by atoms with Gasteiger partial charge in [0.15, 0.2) is 0 Å². The molecule has 0 unspecified atom stereocenters. The standard InChI is InChI=1S/C11H6F6N4O/c12-10(13,14)9(11(15,16)17)19-7-18-5-3-1-2-4-6(5)21(7)8(22)20-9/h1-4H,(H,18,19)(H,20,22). The van der Waals surface area contributed by atoms with E-state index in [9.17, 15) is 31.1 Å². The molecule has 0 aliphatic carbocycles. The lowest BCUT2D eigenvalue weighted by atomic mass is 10.1. The third-order valence-electron chi connectivity index (χ3n) is 3.21. The molecule has 2 N–H and O–H groups in total. The van der Waals surface area contributed by atoms with Crippen molar-refractivity contribution < 1.29 is 31.1 Å². The van der Waals surface area contributed by atoms with Crippen molar-refractivity contribution in [1.82, 2.24) is 14.9 Å². The molecule has 1 aromatic carbocycles. The molecular weight excluding hydrogens is 318 g/mol. The van der Waals surface area contributed by atoms with Crippen LogP contribution >= 0.6 is 0 Å². The van der Waals surface area contributed by atoms with Crippen LogP contribution in [0.25, 0.3) is 11.0 Å². The molecule has 118 valence electrons. The van der Waals surface area contributed by atoms with Crippen LogP contribution in [0.5, 0.6) is 0 Å². The molecule has 2 aromatic rings. The first kappa shape index (κ1) is 14.5. The Hall–Kier alpha value is -2.46. The lowest BCUT2D eigenvalue weighted by Gasteiger charge is -2.40. The fourth-order valence-corrected chi connectivity index (χ4v) is 2.17. The number of carbonyl (C=O) groups is 1. The van der Waals surface area contributed by atoms with Gasteiger partial charge < -0.3 is 5.32 Å². The van der Waals surface area contributed by atoms with E-state index in [-0.39, 0.29) is 11.0 Å². The zero-order valence-electron chi connectivity index (χ0n) is 10.4. The summed E-state index contributed by atoms with van der Waals surface area (Å²) in [7, 11) is 0. The van der Waals surface area contributed by atoms with E-state index in [4.69, 9.17) is 0 Å². The van der Waals surface area contributed by atoms with Crippen LogP contribution < -0.4 is 10.6 Å². The summed E-state index contributed by atoms with van der Waals surface area (Å²) in [5.74, 6) is -0.834. The van der Waals surface area contributed by atoms with E-state index in [0.717, 1.165) is 5.32 Å². The van der Waals surface area contributed by atoms with E-state index in [1.807, 2.05) is 0 Å². The molecule has 0 bridgehead atoms. The van der Waals surface area contributed by atoms with Gasteiger partial charge in [-0.2, -0.15) is 26.3 Å². The predicted molar refractivity (Wildman–Crippen MR) is 62.1 cm³/mol. The normalized spacial score (nSPS) is 17.8. The van der Waals surface area contributed by atoms with Crippen LogP contribution in [0.3, 0.4) is 0 Å². The second-order valence-corrected chi connectivity index (χ2v) is 4.56. The Morgan fingerprint density at radius 1 is 1.00 bits per heavy atom. The van der Waals surface area contributed by atoms with Crippen LogP contribution in [0, 0.1) is 0 Å². The number of aromatic nitrogens is 2. The number of hydrogen-bond acceptors (Lipinski definition) is 3. The number of para-hydroxylation sites is 2. The van der Waals surface area contributed by atoms with Crippen molar-refractivity contribution in [3.8, 4) is 0 Å². The highest BCUT2D eigenvalue weighted by Gasteiger charge is 2.74. The Kier molecular flexibility index (Phi) is 2.66. The summed E-state index contributed by atoms with van der Waals surface area (Å²) in [5, 5.41) is 2.25. The quantitative estimate of drug-likeness (QED) is 0.733. The van der Waals surface area contributed by atoms with Crippen molar-refractivity contribution >= 4 is 23.0 Å². The van der Waals surface area contributed by atoms with Crippen molar-refractivity contribution in [2.24, 2.45) is 0 Å². The lowest BCUT2D eigenvalue weighted by Crippen LogP contribution is -2.74. The minimum absolute atomic E-state index is 0.0836. The lowest BCUT2D eigenvalue weighted by molar-refractivity contribution is -0.294. The topological polar surface area (TPSA) is 59.0 Å². The number of fused-ring (bicyclic) bond motifs is 3. The van der Waals surface area contributed by atoms with Crippen molar-refractivity contribution in [2.75, 3.05) is 5.32 Å². The number of carbonyl (C=O) groups excluding carboxylic acids is 1. The number of imidazole rings is 1. The monoisotopic (exact) mass is 324 g/mol. The van der Waals surface area contributed by atoms with Crippen LogP contribution in [0.2, 0.25) is 0 Å². The molecule has 0 radical (unpaired) electrons. The Bertz CT molecular complexity index is 748. The average molecular weight is 324 g/mol. The molecule has 1 aliphatic rings. The number of alkyl halides is 6. The number of halogens is 6. The molecule has 11 heteroatoms. The van der Waals surface area contributed by atoms with Gasteiger partial charge in [-0.1, -0.05) is 12.1 Å². The zero-order chi connectivity index (χ0) is 16.3. The summed E-state index contributed by atoms with van der Waals surface area (Å²) in [6.07, 6.45) is -11.6. The maximum atomic E-state index is 13.0. The number of amides is 1. The van der Waals surface area contributed by atoms with Gasteiger partial charge >= 0.3 is 24.0 Å². The smallest absolute Gasteiger partial charge is 0.317 e. The third kappa shape index (κ3) is 1.74. The molecule has 1 aliphatic heterocycles. The van der Waals surface area contributed by atoms with Crippen LogP contribution in [0.4, 0.5) is 37.1 Å². The van der Waals surface area contributed by atoms with Gasteiger partial charge in [0.2, 0.25) is 5.95 Å². The SMILES string of the molecule is O=C1NC(C(F)(F)F)(C(F)(F)F)Nc2nc3ccccc3n21. The summed E-state index contributed by atoms with van der Waals surface area (Å²) in [6, 6.07) is 4.09. The molecule has 0 saturated heterocycles. The van der Waals surface area contributed by atoms with Crippen molar-refractivity contribution in [2.45, 2.75) is 18.0 Å².